The van der Waals surface area contributed by atoms with E-state index in [9.17, 15) is 4.79 Å². The molecular weight excluding hydrogens is 274 g/mol. The normalized spacial score (nSPS) is 11.1. The van der Waals surface area contributed by atoms with Crippen molar-refractivity contribution in [2.75, 3.05) is 11.9 Å². The van der Waals surface area contributed by atoms with Crippen LogP contribution >= 0.6 is 11.3 Å². The topological polar surface area (TPSA) is 64.2 Å². The summed E-state index contributed by atoms with van der Waals surface area (Å²) in [4.78, 5) is 17.7. The molecule has 0 saturated heterocycles. The highest BCUT2D eigenvalue weighted by Crippen LogP contribution is 2.18. The molecule has 20 heavy (non-hydrogen) atoms. The van der Waals surface area contributed by atoms with Crippen molar-refractivity contribution in [2.24, 2.45) is 0 Å². The minimum atomic E-state index is -0.0356. The van der Waals surface area contributed by atoms with Crippen LogP contribution in [0.1, 0.15) is 17.5 Å². The van der Waals surface area contributed by atoms with Gasteiger partial charge < -0.3 is 9.88 Å². The SMILES string of the molecule is CCNc1ncc(Cn2ccn3nc(C)cc3c2=O)s1. The van der Waals surface area contributed by atoms with Gasteiger partial charge in [-0.05, 0) is 19.9 Å². The van der Waals surface area contributed by atoms with Crippen LogP contribution in [0.5, 0.6) is 0 Å². The van der Waals surface area contributed by atoms with Crippen LogP contribution in [0.4, 0.5) is 5.13 Å². The molecule has 0 aliphatic carbocycles. The summed E-state index contributed by atoms with van der Waals surface area (Å²) in [7, 11) is 0. The smallest absolute Gasteiger partial charge is 0.276 e. The Morgan fingerprint density at radius 2 is 2.25 bits per heavy atom. The van der Waals surface area contributed by atoms with Crippen LogP contribution in [0.2, 0.25) is 0 Å². The maximum absolute atomic E-state index is 12.3. The number of fused-ring (bicyclic) bond motifs is 1. The van der Waals surface area contributed by atoms with Crippen LogP contribution in [0.25, 0.3) is 5.52 Å². The molecule has 0 bridgehead atoms. The maximum atomic E-state index is 12.3. The van der Waals surface area contributed by atoms with Crippen molar-refractivity contribution in [3.05, 3.63) is 45.6 Å². The largest absolute Gasteiger partial charge is 0.362 e. The lowest BCUT2D eigenvalue weighted by Gasteiger charge is -2.03. The summed E-state index contributed by atoms with van der Waals surface area (Å²) >= 11 is 1.57. The monoisotopic (exact) mass is 289 g/mol. The molecule has 0 aromatic carbocycles. The Hall–Kier alpha value is -2.15. The molecule has 0 saturated carbocycles. The Kier molecular flexibility index (Phi) is 3.27. The minimum Gasteiger partial charge on any atom is -0.362 e. The minimum absolute atomic E-state index is 0.0356. The van der Waals surface area contributed by atoms with Gasteiger partial charge in [0.25, 0.3) is 5.56 Å². The summed E-state index contributed by atoms with van der Waals surface area (Å²) in [5, 5.41) is 8.29. The molecular formula is C13H15N5OS. The average Bonchev–Trinajstić information content (AvgIpc) is 3.00. The van der Waals surface area contributed by atoms with Gasteiger partial charge in [0.2, 0.25) is 0 Å². The highest BCUT2D eigenvalue weighted by atomic mass is 32.1. The summed E-state index contributed by atoms with van der Waals surface area (Å²) in [6.45, 7) is 5.28. The number of rotatable bonds is 4. The zero-order valence-corrected chi connectivity index (χ0v) is 12.1. The number of nitrogens with one attached hydrogen (secondary N) is 1. The van der Waals surface area contributed by atoms with E-state index in [1.807, 2.05) is 13.8 Å². The van der Waals surface area contributed by atoms with Gasteiger partial charge in [-0.2, -0.15) is 5.10 Å². The predicted molar refractivity (Wildman–Crippen MR) is 79.6 cm³/mol. The van der Waals surface area contributed by atoms with E-state index in [1.54, 1.807) is 45.1 Å². The van der Waals surface area contributed by atoms with Gasteiger partial charge in [0.05, 0.1) is 12.2 Å². The number of aromatic nitrogens is 4. The molecule has 3 aromatic rings. The third-order valence-corrected chi connectivity index (χ3v) is 3.87. The molecule has 0 atom stereocenters. The van der Waals surface area contributed by atoms with E-state index in [4.69, 9.17) is 0 Å². The van der Waals surface area contributed by atoms with Gasteiger partial charge in [-0.1, -0.05) is 0 Å². The summed E-state index contributed by atoms with van der Waals surface area (Å²) < 4.78 is 3.30. The number of anilines is 1. The fourth-order valence-corrected chi connectivity index (χ4v) is 2.93. The van der Waals surface area contributed by atoms with Gasteiger partial charge in [-0.3, -0.25) is 4.79 Å². The molecule has 0 aliphatic heterocycles. The van der Waals surface area contributed by atoms with Crippen LogP contribution in [-0.2, 0) is 6.54 Å². The third kappa shape index (κ3) is 2.32. The number of nitrogens with zero attached hydrogens (tertiary/aromatic N) is 4. The molecule has 7 heteroatoms. The van der Waals surface area contributed by atoms with Gasteiger partial charge in [0, 0.05) is 30.0 Å². The molecule has 0 unspecified atom stereocenters. The maximum Gasteiger partial charge on any atom is 0.276 e. The van der Waals surface area contributed by atoms with E-state index in [0.717, 1.165) is 22.2 Å². The second-order valence-corrected chi connectivity index (χ2v) is 5.62. The van der Waals surface area contributed by atoms with Crippen LogP contribution in [0.15, 0.2) is 29.5 Å². The van der Waals surface area contributed by atoms with Gasteiger partial charge >= 0.3 is 0 Å². The summed E-state index contributed by atoms with van der Waals surface area (Å²) in [6, 6.07) is 1.80. The Morgan fingerprint density at radius 3 is 3.05 bits per heavy atom. The molecule has 3 aromatic heterocycles. The van der Waals surface area contributed by atoms with Crippen molar-refractivity contribution in [1.29, 1.82) is 0 Å². The molecule has 0 aliphatic rings. The molecule has 3 rings (SSSR count). The first-order chi connectivity index (χ1) is 9.67. The Balaban J connectivity index is 1.93. The fourth-order valence-electron chi connectivity index (χ4n) is 2.05. The Labute approximate surface area is 119 Å². The Morgan fingerprint density at radius 1 is 1.40 bits per heavy atom. The number of hydrogen-bond donors (Lipinski definition) is 1. The molecule has 3 heterocycles. The zero-order chi connectivity index (χ0) is 14.1. The van der Waals surface area contributed by atoms with Crippen molar-refractivity contribution in [1.82, 2.24) is 19.2 Å². The number of aryl methyl sites for hydroxylation is 1. The summed E-state index contributed by atoms with van der Waals surface area (Å²) in [5.41, 5.74) is 1.40. The molecule has 1 N–H and O–H groups in total. The van der Waals surface area contributed by atoms with E-state index >= 15 is 0 Å². The van der Waals surface area contributed by atoms with Crippen LogP contribution < -0.4 is 10.9 Å². The van der Waals surface area contributed by atoms with Crippen molar-refractivity contribution < 1.29 is 0 Å². The first-order valence-electron chi connectivity index (χ1n) is 6.41. The molecule has 0 amide bonds. The quantitative estimate of drug-likeness (QED) is 0.794. The highest BCUT2D eigenvalue weighted by molar-refractivity contribution is 7.15. The lowest BCUT2D eigenvalue weighted by molar-refractivity contribution is 0.749. The fraction of sp³-hybridized carbons (Fsp3) is 0.308. The van der Waals surface area contributed by atoms with E-state index in [0.29, 0.717) is 12.1 Å². The van der Waals surface area contributed by atoms with Crippen LogP contribution in [0, 0.1) is 6.92 Å². The van der Waals surface area contributed by atoms with Crippen molar-refractivity contribution >= 4 is 22.0 Å². The lowest BCUT2D eigenvalue weighted by Crippen LogP contribution is -2.21. The number of thiazole rings is 1. The van der Waals surface area contributed by atoms with E-state index < -0.39 is 0 Å². The molecule has 0 spiro atoms. The van der Waals surface area contributed by atoms with E-state index in [-0.39, 0.29) is 5.56 Å². The highest BCUT2D eigenvalue weighted by Gasteiger charge is 2.07. The summed E-state index contributed by atoms with van der Waals surface area (Å²) in [5.74, 6) is 0. The van der Waals surface area contributed by atoms with Gasteiger partial charge in [0.1, 0.15) is 5.52 Å². The molecule has 0 radical (unpaired) electrons. The summed E-state index contributed by atoms with van der Waals surface area (Å²) in [6.07, 6.45) is 5.37. The standard InChI is InChI=1S/C13H15N5OS/c1-3-14-13-15-7-10(20-13)8-17-4-5-18-11(12(17)19)6-9(2)16-18/h4-7H,3,8H2,1-2H3,(H,14,15). The van der Waals surface area contributed by atoms with Gasteiger partial charge in [0.15, 0.2) is 5.13 Å². The van der Waals surface area contributed by atoms with Crippen molar-refractivity contribution in [2.45, 2.75) is 20.4 Å². The van der Waals surface area contributed by atoms with E-state index in [1.165, 1.54) is 0 Å². The Bertz CT molecular complexity index is 801. The molecule has 6 nitrogen and oxygen atoms in total. The second-order valence-electron chi connectivity index (χ2n) is 4.51. The molecule has 104 valence electrons. The third-order valence-electron chi connectivity index (χ3n) is 2.93. The first-order valence-corrected chi connectivity index (χ1v) is 7.23. The lowest BCUT2D eigenvalue weighted by atomic mass is 10.4. The molecule has 0 fully saturated rings. The first kappa shape index (κ1) is 12.9. The van der Waals surface area contributed by atoms with E-state index in [2.05, 4.69) is 15.4 Å². The van der Waals surface area contributed by atoms with Gasteiger partial charge in [-0.15, -0.1) is 11.3 Å². The predicted octanol–water partition coefficient (Wildman–Crippen LogP) is 1.74. The van der Waals surface area contributed by atoms with Crippen molar-refractivity contribution in [3.63, 3.8) is 0 Å². The number of hydrogen-bond acceptors (Lipinski definition) is 5. The van der Waals surface area contributed by atoms with Crippen molar-refractivity contribution in [3.8, 4) is 0 Å². The average molecular weight is 289 g/mol. The van der Waals surface area contributed by atoms with Crippen LogP contribution in [0.3, 0.4) is 0 Å². The van der Waals surface area contributed by atoms with Gasteiger partial charge in [-0.25, -0.2) is 9.50 Å². The zero-order valence-electron chi connectivity index (χ0n) is 11.3. The second kappa shape index (κ2) is 5.09. The van der Waals surface area contributed by atoms with Crippen LogP contribution in [-0.4, -0.2) is 25.7 Å².